The van der Waals surface area contributed by atoms with E-state index >= 15 is 0 Å². The van der Waals surface area contributed by atoms with Crippen LogP contribution >= 0.6 is 22.9 Å². The highest BCUT2D eigenvalue weighted by Gasteiger charge is 2.26. The summed E-state index contributed by atoms with van der Waals surface area (Å²) >= 11 is 7.23. The van der Waals surface area contributed by atoms with Crippen LogP contribution in [0.15, 0.2) is 36.4 Å². The van der Waals surface area contributed by atoms with Gasteiger partial charge in [0, 0.05) is 23.0 Å². The third kappa shape index (κ3) is 3.79. The Labute approximate surface area is 150 Å². The van der Waals surface area contributed by atoms with Crippen LogP contribution in [-0.4, -0.2) is 36.0 Å². The SMILES string of the molecule is C[C@@H](OC(=O)c1ccc(-c2ccc(Cl)cc2)s1)C(=O)N1CCCC1. The third-order valence-corrected chi connectivity index (χ3v) is 5.35. The minimum Gasteiger partial charge on any atom is -0.448 e. The number of carbonyl (C=O) groups is 2. The summed E-state index contributed by atoms with van der Waals surface area (Å²) in [6.45, 7) is 3.13. The van der Waals surface area contributed by atoms with Crippen LogP contribution in [0.4, 0.5) is 0 Å². The minimum atomic E-state index is -0.753. The topological polar surface area (TPSA) is 46.6 Å². The van der Waals surface area contributed by atoms with Crippen molar-refractivity contribution in [1.82, 2.24) is 4.90 Å². The fourth-order valence-corrected chi connectivity index (χ4v) is 3.70. The Kier molecular flexibility index (Phi) is 5.21. The lowest BCUT2D eigenvalue weighted by Gasteiger charge is -2.20. The number of ether oxygens (including phenoxy) is 1. The second-order valence-electron chi connectivity index (χ2n) is 5.75. The smallest absolute Gasteiger partial charge is 0.349 e. The molecule has 2 heterocycles. The molecule has 0 bridgehead atoms. The molecule has 1 aliphatic rings. The number of hydrogen-bond acceptors (Lipinski definition) is 4. The van der Waals surface area contributed by atoms with Gasteiger partial charge in [-0.1, -0.05) is 23.7 Å². The van der Waals surface area contributed by atoms with Crippen LogP contribution in [0.3, 0.4) is 0 Å². The first-order valence-corrected chi connectivity index (χ1v) is 9.09. The van der Waals surface area contributed by atoms with Crippen molar-refractivity contribution in [3.63, 3.8) is 0 Å². The van der Waals surface area contributed by atoms with Crippen molar-refractivity contribution in [2.24, 2.45) is 0 Å². The molecule has 1 amide bonds. The molecule has 24 heavy (non-hydrogen) atoms. The molecule has 6 heteroatoms. The number of benzene rings is 1. The van der Waals surface area contributed by atoms with Gasteiger partial charge >= 0.3 is 5.97 Å². The van der Waals surface area contributed by atoms with Gasteiger partial charge in [0.2, 0.25) is 0 Å². The summed E-state index contributed by atoms with van der Waals surface area (Å²) in [7, 11) is 0. The standard InChI is InChI=1S/C18H18ClNO3S/c1-12(17(21)20-10-2-3-11-20)23-18(22)16-9-8-15(24-16)13-4-6-14(19)7-5-13/h4-9,12H,2-3,10-11H2,1H3/t12-/m1/s1. The van der Waals surface area contributed by atoms with Crippen LogP contribution in [-0.2, 0) is 9.53 Å². The van der Waals surface area contributed by atoms with Gasteiger partial charge in [-0.25, -0.2) is 4.79 Å². The second-order valence-corrected chi connectivity index (χ2v) is 7.27. The first-order chi connectivity index (χ1) is 11.5. The lowest BCUT2D eigenvalue weighted by Crippen LogP contribution is -2.38. The lowest BCUT2D eigenvalue weighted by atomic mass is 10.2. The van der Waals surface area contributed by atoms with Crippen molar-refractivity contribution < 1.29 is 14.3 Å². The predicted molar refractivity (Wildman–Crippen MR) is 95.5 cm³/mol. The molecule has 0 radical (unpaired) electrons. The van der Waals surface area contributed by atoms with Gasteiger partial charge in [-0.3, -0.25) is 4.79 Å². The van der Waals surface area contributed by atoms with Gasteiger partial charge in [0.15, 0.2) is 6.10 Å². The molecule has 1 saturated heterocycles. The molecule has 1 aromatic heterocycles. The molecule has 126 valence electrons. The van der Waals surface area contributed by atoms with Crippen LogP contribution in [0.2, 0.25) is 5.02 Å². The van der Waals surface area contributed by atoms with Crippen LogP contribution in [0.1, 0.15) is 29.4 Å². The van der Waals surface area contributed by atoms with Crippen LogP contribution in [0.25, 0.3) is 10.4 Å². The van der Waals surface area contributed by atoms with Gasteiger partial charge in [-0.15, -0.1) is 11.3 Å². The highest BCUT2D eigenvalue weighted by atomic mass is 35.5. The largest absolute Gasteiger partial charge is 0.448 e. The summed E-state index contributed by atoms with van der Waals surface area (Å²) in [4.78, 5) is 27.7. The summed E-state index contributed by atoms with van der Waals surface area (Å²) < 4.78 is 5.34. The number of esters is 1. The maximum absolute atomic E-state index is 12.3. The normalized spacial score (nSPS) is 15.3. The van der Waals surface area contributed by atoms with E-state index < -0.39 is 12.1 Å². The maximum atomic E-state index is 12.3. The molecule has 3 rings (SSSR count). The highest BCUT2D eigenvalue weighted by Crippen LogP contribution is 2.29. The fourth-order valence-electron chi connectivity index (χ4n) is 2.68. The molecular formula is C18H18ClNO3S. The van der Waals surface area contributed by atoms with E-state index in [1.165, 1.54) is 11.3 Å². The molecule has 1 aromatic carbocycles. The van der Waals surface area contributed by atoms with Gasteiger partial charge in [0.05, 0.1) is 0 Å². The zero-order valence-electron chi connectivity index (χ0n) is 13.3. The average molecular weight is 364 g/mol. The maximum Gasteiger partial charge on any atom is 0.349 e. The van der Waals surface area contributed by atoms with Crippen LogP contribution in [0, 0.1) is 0 Å². The Balaban J connectivity index is 1.65. The zero-order chi connectivity index (χ0) is 17.1. The number of halogens is 1. The van der Waals surface area contributed by atoms with Crippen LogP contribution in [0.5, 0.6) is 0 Å². The number of rotatable bonds is 4. The van der Waals surface area contributed by atoms with Gasteiger partial charge in [0.25, 0.3) is 5.91 Å². The summed E-state index contributed by atoms with van der Waals surface area (Å²) in [6, 6.07) is 11.0. The second kappa shape index (κ2) is 7.36. The number of hydrogen-bond donors (Lipinski definition) is 0. The summed E-state index contributed by atoms with van der Waals surface area (Å²) in [5, 5.41) is 0.671. The van der Waals surface area contributed by atoms with E-state index in [9.17, 15) is 9.59 Å². The zero-order valence-corrected chi connectivity index (χ0v) is 14.9. The molecule has 2 aromatic rings. The van der Waals surface area contributed by atoms with Gasteiger partial charge in [0.1, 0.15) is 4.88 Å². The van der Waals surface area contributed by atoms with E-state index in [-0.39, 0.29) is 5.91 Å². The molecule has 4 nitrogen and oxygen atoms in total. The lowest BCUT2D eigenvalue weighted by molar-refractivity contribution is -0.138. The third-order valence-electron chi connectivity index (χ3n) is 3.99. The molecule has 0 unspecified atom stereocenters. The Morgan fingerprint density at radius 2 is 1.79 bits per heavy atom. The van der Waals surface area contributed by atoms with Gasteiger partial charge < -0.3 is 9.64 Å². The van der Waals surface area contributed by atoms with E-state index in [2.05, 4.69) is 0 Å². The fraction of sp³-hybridized carbons (Fsp3) is 0.333. The molecule has 0 aliphatic carbocycles. The van der Waals surface area contributed by atoms with E-state index in [1.807, 2.05) is 30.3 Å². The van der Waals surface area contributed by atoms with Gasteiger partial charge in [-0.05, 0) is 49.6 Å². The van der Waals surface area contributed by atoms with Crippen LogP contribution < -0.4 is 0 Å². The monoisotopic (exact) mass is 363 g/mol. The number of carbonyl (C=O) groups excluding carboxylic acids is 2. The first kappa shape index (κ1) is 17.0. The molecule has 0 spiro atoms. The Morgan fingerprint density at radius 3 is 2.46 bits per heavy atom. The highest BCUT2D eigenvalue weighted by molar-refractivity contribution is 7.17. The van der Waals surface area contributed by atoms with Crippen molar-refractivity contribution in [3.8, 4) is 10.4 Å². The summed E-state index contributed by atoms with van der Waals surface area (Å²) in [6.07, 6.45) is 1.28. The predicted octanol–water partition coefficient (Wildman–Crippen LogP) is 4.24. The molecule has 0 saturated carbocycles. The molecule has 1 fully saturated rings. The van der Waals surface area contributed by atoms with Crippen molar-refractivity contribution in [2.75, 3.05) is 13.1 Å². The quantitative estimate of drug-likeness (QED) is 0.763. The molecule has 0 N–H and O–H groups in total. The number of nitrogens with zero attached hydrogens (tertiary/aromatic N) is 1. The summed E-state index contributed by atoms with van der Waals surface area (Å²) in [5.41, 5.74) is 0.990. The van der Waals surface area contributed by atoms with Crippen molar-refractivity contribution in [3.05, 3.63) is 46.3 Å². The summed E-state index contributed by atoms with van der Waals surface area (Å²) in [5.74, 6) is -0.574. The van der Waals surface area contributed by atoms with E-state index in [4.69, 9.17) is 16.3 Å². The minimum absolute atomic E-state index is 0.115. The Bertz CT molecular complexity index is 735. The Hall–Kier alpha value is -1.85. The van der Waals surface area contributed by atoms with E-state index in [0.717, 1.165) is 36.4 Å². The number of amides is 1. The number of thiophene rings is 1. The average Bonchev–Trinajstić information content (AvgIpc) is 3.26. The molecule has 1 atom stereocenters. The van der Waals surface area contributed by atoms with Gasteiger partial charge in [-0.2, -0.15) is 0 Å². The molecular weight excluding hydrogens is 346 g/mol. The van der Waals surface area contributed by atoms with Crippen molar-refractivity contribution in [2.45, 2.75) is 25.9 Å². The van der Waals surface area contributed by atoms with Crippen molar-refractivity contribution >= 4 is 34.8 Å². The first-order valence-electron chi connectivity index (χ1n) is 7.90. The van der Waals surface area contributed by atoms with E-state index in [1.54, 1.807) is 17.9 Å². The molecule has 1 aliphatic heterocycles. The Morgan fingerprint density at radius 1 is 1.12 bits per heavy atom. The number of likely N-dealkylation sites (tertiary alicyclic amines) is 1. The van der Waals surface area contributed by atoms with Crippen molar-refractivity contribution in [1.29, 1.82) is 0 Å². The van der Waals surface area contributed by atoms with E-state index in [0.29, 0.717) is 9.90 Å².